The molecule has 4 rings (SSSR count). The minimum atomic E-state index is -1.37. The van der Waals surface area contributed by atoms with Crippen molar-refractivity contribution in [3.63, 3.8) is 0 Å². The molecule has 2 aromatic carbocycles. The lowest BCUT2D eigenvalue weighted by Gasteiger charge is -2.36. The van der Waals surface area contributed by atoms with E-state index in [-0.39, 0.29) is 12.3 Å². The van der Waals surface area contributed by atoms with Crippen molar-refractivity contribution in [2.24, 2.45) is 0 Å². The largest absolute Gasteiger partial charge is 0.440 e. The van der Waals surface area contributed by atoms with Gasteiger partial charge in [0, 0.05) is 23.6 Å². The van der Waals surface area contributed by atoms with Gasteiger partial charge in [0.25, 0.3) is 5.91 Å². The number of amides is 1. The summed E-state index contributed by atoms with van der Waals surface area (Å²) in [6, 6.07) is 13.1. The first-order valence-corrected chi connectivity index (χ1v) is 7.99. The van der Waals surface area contributed by atoms with E-state index >= 15 is 0 Å². The molecule has 0 fully saturated rings. The van der Waals surface area contributed by atoms with Crippen LogP contribution in [0.5, 0.6) is 0 Å². The molecule has 0 saturated carbocycles. The summed E-state index contributed by atoms with van der Waals surface area (Å²) < 4.78 is 5.52. The number of esters is 1. The van der Waals surface area contributed by atoms with Crippen LogP contribution in [0, 0.1) is 6.92 Å². The zero-order valence-corrected chi connectivity index (χ0v) is 13.7. The van der Waals surface area contributed by atoms with Crippen LogP contribution in [0.2, 0.25) is 5.02 Å². The van der Waals surface area contributed by atoms with E-state index in [1.54, 1.807) is 6.07 Å². The summed E-state index contributed by atoms with van der Waals surface area (Å²) in [6.07, 6.45) is 1.65. The normalized spacial score (nSPS) is 21.5. The van der Waals surface area contributed by atoms with Crippen LogP contribution in [-0.2, 0) is 20.7 Å². The number of benzene rings is 2. The number of hydrogen-bond acceptors (Lipinski definition) is 3. The molecule has 120 valence electrons. The molecule has 4 nitrogen and oxygen atoms in total. The van der Waals surface area contributed by atoms with Crippen molar-refractivity contribution in [1.82, 2.24) is 0 Å². The number of carbonyl (C=O) groups excluding carboxylic acids is 2. The maximum atomic E-state index is 12.9. The number of hydrogen-bond donors (Lipinski definition) is 1. The lowest BCUT2D eigenvalue weighted by Crippen LogP contribution is -2.49. The molecule has 0 spiro atoms. The van der Waals surface area contributed by atoms with Crippen molar-refractivity contribution < 1.29 is 14.3 Å². The third-order valence-electron chi connectivity index (χ3n) is 4.51. The number of halogens is 1. The summed E-state index contributed by atoms with van der Waals surface area (Å²) >= 11 is 6.38. The number of nitrogens with one attached hydrogen (secondary N) is 1. The molecule has 1 atom stereocenters. The summed E-state index contributed by atoms with van der Waals surface area (Å²) in [5.74, 6) is -0.872. The Bertz CT molecular complexity index is 904. The molecule has 0 aliphatic carbocycles. The van der Waals surface area contributed by atoms with E-state index in [1.807, 2.05) is 43.3 Å². The standard InChI is InChI=1S/C19H14ClNO3/c1-11-7-8-14(20)16-13-9-15(22)24-19(13,18(23)21-17(11)16)10-12-5-3-2-4-6-12/h2-9H,10H2,1H3,(H,21,23). The second-order valence-corrected chi connectivity index (χ2v) is 6.44. The molecule has 5 heteroatoms. The molecule has 1 N–H and O–H groups in total. The Labute approximate surface area is 144 Å². The first-order valence-electron chi connectivity index (χ1n) is 7.61. The maximum absolute atomic E-state index is 12.9. The predicted octanol–water partition coefficient (Wildman–Crippen LogP) is 3.52. The van der Waals surface area contributed by atoms with Gasteiger partial charge in [-0.25, -0.2) is 4.79 Å². The van der Waals surface area contributed by atoms with Crippen molar-refractivity contribution in [2.45, 2.75) is 18.9 Å². The third kappa shape index (κ3) is 2.07. The molecule has 2 aliphatic rings. The number of rotatable bonds is 2. The summed E-state index contributed by atoms with van der Waals surface area (Å²) in [4.78, 5) is 24.9. The van der Waals surface area contributed by atoms with Crippen molar-refractivity contribution >= 4 is 34.7 Å². The van der Waals surface area contributed by atoms with Gasteiger partial charge in [-0.15, -0.1) is 0 Å². The van der Waals surface area contributed by atoms with Gasteiger partial charge in [0.05, 0.1) is 10.7 Å². The van der Waals surface area contributed by atoms with Crippen LogP contribution in [0.3, 0.4) is 0 Å². The minimum Gasteiger partial charge on any atom is -0.440 e. The van der Waals surface area contributed by atoms with Crippen LogP contribution >= 0.6 is 11.6 Å². The average Bonchev–Trinajstić information content (AvgIpc) is 2.89. The number of carbonyl (C=O) groups is 2. The first kappa shape index (κ1) is 15.0. The smallest absolute Gasteiger partial charge is 0.332 e. The zero-order valence-electron chi connectivity index (χ0n) is 12.9. The fraction of sp³-hybridized carbons (Fsp3) is 0.158. The highest BCUT2D eigenvalue weighted by Crippen LogP contribution is 2.48. The molecular formula is C19H14ClNO3. The molecular weight excluding hydrogens is 326 g/mol. The Morgan fingerprint density at radius 3 is 2.62 bits per heavy atom. The van der Waals surface area contributed by atoms with E-state index in [4.69, 9.17) is 16.3 Å². The van der Waals surface area contributed by atoms with Gasteiger partial charge in [0.15, 0.2) is 0 Å². The Kier molecular flexibility index (Phi) is 3.25. The highest BCUT2D eigenvalue weighted by atomic mass is 35.5. The van der Waals surface area contributed by atoms with Crippen LogP contribution in [-0.4, -0.2) is 17.5 Å². The highest BCUT2D eigenvalue weighted by Gasteiger charge is 2.54. The zero-order chi connectivity index (χ0) is 16.9. The van der Waals surface area contributed by atoms with E-state index in [9.17, 15) is 9.59 Å². The third-order valence-corrected chi connectivity index (χ3v) is 4.82. The van der Waals surface area contributed by atoms with Crippen LogP contribution in [0.15, 0.2) is 48.5 Å². The first-order chi connectivity index (χ1) is 11.5. The summed E-state index contributed by atoms with van der Waals surface area (Å²) in [5.41, 5.74) is 2.25. The van der Waals surface area contributed by atoms with Crippen molar-refractivity contribution in [2.75, 3.05) is 5.32 Å². The Morgan fingerprint density at radius 2 is 1.88 bits per heavy atom. The number of anilines is 1. The van der Waals surface area contributed by atoms with Gasteiger partial charge in [-0.2, -0.15) is 0 Å². The van der Waals surface area contributed by atoms with Crippen molar-refractivity contribution in [1.29, 1.82) is 0 Å². The lowest BCUT2D eigenvalue weighted by molar-refractivity contribution is -0.152. The van der Waals surface area contributed by atoms with Gasteiger partial charge in [-0.1, -0.05) is 48.0 Å². The molecule has 2 aliphatic heterocycles. The SMILES string of the molecule is Cc1ccc(Cl)c2c1NC(=O)C1(Cc3ccccc3)OC(=O)C=C21. The summed E-state index contributed by atoms with van der Waals surface area (Å²) in [5, 5.41) is 3.36. The molecule has 0 radical (unpaired) electrons. The van der Waals surface area contributed by atoms with Gasteiger partial charge < -0.3 is 10.1 Å². The van der Waals surface area contributed by atoms with E-state index in [0.717, 1.165) is 11.1 Å². The molecule has 24 heavy (non-hydrogen) atoms. The Hall–Kier alpha value is -2.59. The van der Waals surface area contributed by atoms with E-state index in [2.05, 4.69) is 5.32 Å². The van der Waals surface area contributed by atoms with Crippen molar-refractivity contribution in [3.8, 4) is 0 Å². The summed E-state index contributed by atoms with van der Waals surface area (Å²) in [7, 11) is 0. The molecule has 0 bridgehead atoms. The summed E-state index contributed by atoms with van der Waals surface area (Å²) in [6.45, 7) is 1.89. The van der Waals surface area contributed by atoms with Crippen LogP contribution < -0.4 is 5.32 Å². The maximum Gasteiger partial charge on any atom is 0.332 e. The lowest BCUT2D eigenvalue weighted by atomic mass is 9.79. The van der Waals surface area contributed by atoms with Crippen molar-refractivity contribution in [3.05, 3.63) is 70.3 Å². The van der Waals surface area contributed by atoms with Gasteiger partial charge in [0.2, 0.25) is 5.60 Å². The minimum absolute atomic E-state index is 0.265. The highest BCUT2D eigenvalue weighted by molar-refractivity contribution is 6.35. The number of ether oxygens (including phenoxy) is 1. The monoisotopic (exact) mass is 339 g/mol. The molecule has 2 heterocycles. The molecule has 1 amide bonds. The quantitative estimate of drug-likeness (QED) is 0.852. The van der Waals surface area contributed by atoms with E-state index in [1.165, 1.54) is 6.08 Å². The molecule has 0 aromatic heterocycles. The number of fused-ring (bicyclic) bond motifs is 3. The predicted molar refractivity (Wildman–Crippen MR) is 91.8 cm³/mol. The Balaban J connectivity index is 1.92. The van der Waals surface area contributed by atoms with E-state index in [0.29, 0.717) is 21.8 Å². The van der Waals surface area contributed by atoms with Gasteiger partial charge in [-0.05, 0) is 24.1 Å². The second kappa shape index (κ2) is 5.21. The molecule has 1 unspecified atom stereocenters. The van der Waals surface area contributed by atoms with Gasteiger partial charge >= 0.3 is 5.97 Å². The topological polar surface area (TPSA) is 55.4 Å². The van der Waals surface area contributed by atoms with Crippen LogP contribution in [0.25, 0.3) is 5.57 Å². The van der Waals surface area contributed by atoms with Gasteiger partial charge in [0.1, 0.15) is 0 Å². The second-order valence-electron chi connectivity index (χ2n) is 6.04. The Morgan fingerprint density at radius 1 is 1.12 bits per heavy atom. The van der Waals surface area contributed by atoms with Crippen LogP contribution in [0.1, 0.15) is 16.7 Å². The number of aryl methyl sites for hydroxylation is 1. The molecule has 2 aromatic rings. The van der Waals surface area contributed by atoms with Gasteiger partial charge in [-0.3, -0.25) is 4.79 Å². The fourth-order valence-electron chi connectivity index (χ4n) is 3.35. The molecule has 0 saturated heterocycles. The van der Waals surface area contributed by atoms with E-state index < -0.39 is 11.6 Å². The fourth-order valence-corrected chi connectivity index (χ4v) is 3.61. The van der Waals surface area contributed by atoms with Crippen LogP contribution in [0.4, 0.5) is 5.69 Å². The average molecular weight is 340 g/mol.